The number of carbonyl (C=O) groups excluding carboxylic acids is 4. The molecule has 4 aromatic rings. The van der Waals surface area contributed by atoms with Crippen LogP contribution in [0, 0.1) is 11.3 Å². The van der Waals surface area contributed by atoms with Crippen molar-refractivity contribution in [2.24, 2.45) is 11.3 Å². The molecule has 1 aliphatic carbocycles. The van der Waals surface area contributed by atoms with Crippen molar-refractivity contribution in [1.29, 1.82) is 0 Å². The number of carbonyl (C=O) groups is 5. The molecule has 4 aromatic carbocycles. The molecule has 5 N–H and O–H groups in total. The summed E-state index contributed by atoms with van der Waals surface area (Å²) in [4.78, 5) is 66.3. The zero-order valence-corrected chi connectivity index (χ0v) is 36.9. The van der Waals surface area contributed by atoms with Crippen LogP contribution in [0.2, 0.25) is 0 Å². The van der Waals surface area contributed by atoms with Crippen LogP contribution in [0.3, 0.4) is 0 Å². The van der Waals surface area contributed by atoms with Crippen LogP contribution in [0.25, 0.3) is 0 Å². The fraction of sp³-hybridized carbons (Fsp3) is 0.396. The number of aliphatic carboxylic acids is 1. The zero-order valence-electron chi connectivity index (χ0n) is 36.0. The lowest BCUT2D eigenvalue weighted by atomic mass is 9.76. The van der Waals surface area contributed by atoms with E-state index in [9.17, 15) is 37.5 Å². The first-order chi connectivity index (χ1) is 30.8. The maximum atomic E-state index is 14.4. The van der Waals surface area contributed by atoms with Gasteiger partial charge in [0.1, 0.15) is 37.7 Å². The van der Waals surface area contributed by atoms with Gasteiger partial charge in [-0.25, -0.2) is 22.7 Å². The Labute approximate surface area is 374 Å². The van der Waals surface area contributed by atoms with Gasteiger partial charge in [-0.3, -0.25) is 14.4 Å². The molecule has 0 spiro atoms. The quantitative estimate of drug-likeness (QED) is 0.0395. The van der Waals surface area contributed by atoms with Crippen molar-refractivity contribution >= 4 is 39.9 Å². The molecule has 15 nitrogen and oxygen atoms in total. The van der Waals surface area contributed by atoms with Crippen molar-refractivity contribution in [2.75, 3.05) is 19.3 Å². The zero-order chi connectivity index (χ0) is 45.8. The van der Waals surface area contributed by atoms with Crippen LogP contribution < -0.4 is 25.4 Å². The summed E-state index contributed by atoms with van der Waals surface area (Å²) in [6.07, 6.45) is 3.10. The minimum Gasteiger partial charge on any atom is -0.489 e. The SMILES string of the molecule is CS(=O)(=O)N[C@@H](CCCCNC(=O)OCc1ccccc1)C(=O)NCC(CC1(C(=O)N[C@@H](Cc2ccc(OCc3ccccc3)cc2)C(=O)OCc2ccccc2)CCCC1)C(=O)O. The van der Waals surface area contributed by atoms with Crippen LogP contribution in [0.4, 0.5) is 4.79 Å². The summed E-state index contributed by atoms with van der Waals surface area (Å²) in [5.74, 6) is -3.70. The highest BCUT2D eigenvalue weighted by molar-refractivity contribution is 7.88. The van der Waals surface area contributed by atoms with Crippen molar-refractivity contribution < 1.29 is 51.7 Å². The van der Waals surface area contributed by atoms with Gasteiger partial charge in [-0.15, -0.1) is 0 Å². The summed E-state index contributed by atoms with van der Waals surface area (Å²) in [5.41, 5.74) is 2.17. The second-order valence-corrected chi connectivity index (χ2v) is 17.9. The van der Waals surface area contributed by atoms with Gasteiger partial charge in [0, 0.05) is 19.5 Å². The molecule has 1 fully saturated rings. The minimum absolute atomic E-state index is 0.0138. The van der Waals surface area contributed by atoms with E-state index in [0.29, 0.717) is 50.9 Å². The molecule has 3 amide bonds. The predicted octanol–water partition coefficient (Wildman–Crippen LogP) is 5.82. The highest BCUT2D eigenvalue weighted by atomic mass is 32.2. The number of carboxylic acid groups (broad SMARTS) is 1. The molecule has 0 bridgehead atoms. The van der Waals surface area contributed by atoms with Gasteiger partial charge in [-0.1, -0.05) is 116 Å². The molecule has 1 unspecified atom stereocenters. The molecule has 0 aromatic heterocycles. The first-order valence-electron chi connectivity index (χ1n) is 21.5. The van der Waals surface area contributed by atoms with Crippen LogP contribution in [0.5, 0.6) is 5.75 Å². The third-order valence-electron chi connectivity index (χ3n) is 11.1. The number of benzene rings is 4. The summed E-state index contributed by atoms with van der Waals surface area (Å²) in [5, 5.41) is 18.5. The van der Waals surface area contributed by atoms with Gasteiger partial charge in [0.2, 0.25) is 21.8 Å². The normalized spacial score (nSPS) is 14.6. The molecule has 3 atom stereocenters. The number of amides is 3. The van der Waals surface area contributed by atoms with Crippen molar-refractivity contribution in [3.8, 4) is 5.75 Å². The lowest BCUT2D eigenvalue weighted by Gasteiger charge is -2.32. The number of hydrogen-bond acceptors (Lipinski definition) is 10. The fourth-order valence-corrected chi connectivity index (χ4v) is 8.36. The van der Waals surface area contributed by atoms with Crippen molar-refractivity contribution in [1.82, 2.24) is 20.7 Å². The second kappa shape index (κ2) is 24.5. The van der Waals surface area contributed by atoms with Crippen molar-refractivity contribution in [2.45, 2.75) is 89.7 Å². The number of rotatable bonds is 25. The van der Waals surface area contributed by atoms with Crippen molar-refractivity contribution in [3.05, 3.63) is 138 Å². The topological polar surface area (TPSA) is 216 Å². The van der Waals surface area contributed by atoms with E-state index in [2.05, 4.69) is 20.7 Å². The summed E-state index contributed by atoms with van der Waals surface area (Å²) >= 11 is 0. The van der Waals surface area contributed by atoms with E-state index < -0.39 is 63.3 Å². The highest BCUT2D eigenvalue weighted by Crippen LogP contribution is 2.44. The van der Waals surface area contributed by atoms with Gasteiger partial charge < -0.3 is 35.3 Å². The monoisotopic (exact) mass is 898 g/mol. The Balaban J connectivity index is 1.19. The number of unbranched alkanes of at least 4 members (excludes halogenated alkanes) is 1. The molecule has 1 aliphatic rings. The number of alkyl carbamates (subject to hydrolysis) is 1. The average Bonchev–Trinajstić information content (AvgIpc) is 3.78. The summed E-state index contributed by atoms with van der Waals surface area (Å²) in [6.45, 7) is 0.304. The van der Waals surface area contributed by atoms with Gasteiger partial charge in [-0.2, -0.15) is 0 Å². The molecule has 0 heterocycles. The maximum absolute atomic E-state index is 14.4. The van der Waals surface area contributed by atoms with Crippen LogP contribution in [-0.2, 0) is 64.9 Å². The average molecular weight is 899 g/mol. The number of carboxylic acids is 1. The molecule has 0 radical (unpaired) electrons. The Hall–Kier alpha value is -6.26. The van der Waals surface area contributed by atoms with E-state index in [4.69, 9.17) is 14.2 Å². The van der Waals surface area contributed by atoms with Gasteiger partial charge in [0.25, 0.3) is 0 Å². The van der Waals surface area contributed by atoms with Crippen molar-refractivity contribution in [3.63, 3.8) is 0 Å². The standard InChI is InChI=1S/C48H58N4O11S/c1-64(59,60)52-41(21-11-14-28-49-47(58)63-34-38-19-9-4-10-20-38)43(53)50-31-39(44(54)55)30-48(26-12-13-27-48)46(57)51-42(45(56)62-33-37-17-7-3-8-18-37)29-35-22-24-40(25-23-35)61-32-36-15-5-2-6-16-36/h2-10,15-20,22-25,39,41-42,52H,11-14,21,26-34H2,1H3,(H,49,58)(H,50,53)(H,51,57)(H,54,55)/t39?,41-,42-/m0/s1. The molecule has 0 aliphatic heterocycles. The largest absolute Gasteiger partial charge is 0.489 e. The van der Waals surface area contributed by atoms with Crippen LogP contribution in [0.15, 0.2) is 115 Å². The van der Waals surface area contributed by atoms with E-state index >= 15 is 0 Å². The van der Waals surface area contributed by atoms with Gasteiger partial charge >= 0.3 is 18.0 Å². The molecular weight excluding hydrogens is 841 g/mol. The summed E-state index contributed by atoms with van der Waals surface area (Å²) < 4.78 is 43.6. The number of sulfonamides is 1. The fourth-order valence-electron chi connectivity index (χ4n) is 7.61. The number of esters is 1. The first-order valence-corrected chi connectivity index (χ1v) is 23.4. The van der Waals surface area contributed by atoms with Gasteiger partial charge in [0.05, 0.1) is 17.6 Å². The van der Waals surface area contributed by atoms with E-state index in [-0.39, 0.29) is 45.6 Å². The number of nitrogens with one attached hydrogen (secondary N) is 4. The first kappa shape index (κ1) is 48.8. The molecule has 0 saturated heterocycles. The van der Waals surface area contributed by atoms with E-state index in [0.717, 1.165) is 28.5 Å². The highest BCUT2D eigenvalue weighted by Gasteiger charge is 2.45. The molecule has 16 heteroatoms. The third-order valence-corrected chi connectivity index (χ3v) is 11.8. The lowest BCUT2D eigenvalue weighted by Crippen LogP contribution is -2.51. The van der Waals surface area contributed by atoms with E-state index in [1.54, 1.807) is 12.1 Å². The predicted molar refractivity (Wildman–Crippen MR) is 239 cm³/mol. The Morgan fingerprint density at radius 1 is 0.688 bits per heavy atom. The number of hydrogen-bond donors (Lipinski definition) is 5. The Kier molecular flexibility index (Phi) is 18.7. The molecule has 1 saturated carbocycles. The Morgan fingerprint density at radius 3 is 1.81 bits per heavy atom. The minimum atomic E-state index is -3.84. The molecular formula is C48H58N4O11S. The summed E-state index contributed by atoms with van der Waals surface area (Å²) in [6, 6.07) is 32.9. The summed E-state index contributed by atoms with van der Waals surface area (Å²) in [7, 11) is -3.84. The lowest BCUT2D eigenvalue weighted by molar-refractivity contribution is -0.151. The van der Waals surface area contributed by atoms with Gasteiger partial charge in [0.15, 0.2) is 0 Å². The Bertz CT molecular complexity index is 2220. The molecule has 64 heavy (non-hydrogen) atoms. The van der Waals surface area contributed by atoms with Crippen LogP contribution >= 0.6 is 0 Å². The van der Waals surface area contributed by atoms with Crippen LogP contribution in [0.1, 0.15) is 73.6 Å². The second-order valence-electron chi connectivity index (χ2n) is 16.1. The van der Waals surface area contributed by atoms with E-state index in [1.165, 1.54) is 0 Å². The van der Waals surface area contributed by atoms with Crippen LogP contribution in [-0.4, -0.2) is 74.8 Å². The smallest absolute Gasteiger partial charge is 0.407 e. The number of ether oxygens (including phenoxy) is 3. The molecule has 342 valence electrons. The third kappa shape index (κ3) is 16.5. The molecule has 5 rings (SSSR count). The Morgan fingerprint density at radius 2 is 1.25 bits per heavy atom. The van der Waals surface area contributed by atoms with E-state index in [1.807, 2.05) is 103 Å². The van der Waals surface area contributed by atoms with Gasteiger partial charge in [-0.05, 0) is 72.9 Å². The maximum Gasteiger partial charge on any atom is 0.407 e.